The van der Waals surface area contributed by atoms with E-state index in [1.807, 2.05) is 19.1 Å². The Labute approximate surface area is 114 Å². The highest BCUT2D eigenvalue weighted by Gasteiger charge is 2.08. The summed E-state index contributed by atoms with van der Waals surface area (Å²) in [5, 5.41) is 0.533. The van der Waals surface area contributed by atoms with E-state index in [2.05, 4.69) is 20.4 Å². The number of thioether (sulfide) groups is 1. The summed E-state index contributed by atoms with van der Waals surface area (Å²) >= 11 is 1.42. The molecule has 0 saturated carbocycles. The van der Waals surface area contributed by atoms with Gasteiger partial charge in [-0.25, -0.2) is 5.84 Å². The Hall–Kier alpha value is -1.80. The van der Waals surface area contributed by atoms with Crippen molar-refractivity contribution >= 4 is 17.7 Å². The van der Waals surface area contributed by atoms with E-state index in [1.165, 1.54) is 11.8 Å². The van der Waals surface area contributed by atoms with Crippen molar-refractivity contribution in [1.29, 1.82) is 0 Å². The lowest BCUT2D eigenvalue weighted by Crippen LogP contribution is -2.13. The molecule has 2 aromatic heterocycles. The third-order valence-corrected chi connectivity index (χ3v) is 2.95. The number of nitrogen functional groups attached to an aromatic ring is 1. The van der Waals surface area contributed by atoms with Crippen LogP contribution in [0.3, 0.4) is 0 Å². The molecule has 0 atom stereocenters. The molecule has 8 heteroatoms. The zero-order valence-corrected chi connectivity index (χ0v) is 11.3. The summed E-state index contributed by atoms with van der Waals surface area (Å²) in [4.78, 5) is 12.4. The zero-order chi connectivity index (χ0) is 13.5. The highest BCUT2D eigenvalue weighted by Crippen LogP contribution is 2.21. The summed E-state index contributed by atoms with van der Waals surface area (Å²) in [5.41, 5.74) is 2.40. The first-order chi connectivity index (χ1) is 9.31. The fourth-order valence-electron chi connectivity index (χ4n) is 1.26. The first kappa shape index (κ1) is 13.6. The van der Waals surface area contributed by atoms with Crippen LogP contribution in [0.15, 0.2) is 28.0 Å². The van der Waals surface area contributed by atoms with Gasteiger partial charge in [-0.1, -0.05) is 18.7 Å². The fourth-order valence-corrected chi connectivity index (χ4v) is 1.98. The Morgan fingerprint density at radius 1 is 1.42 bits per heavy atom. The molecule has 7 nitrogen and oxygen atoms in total. The number of anilines is 1. The van der Waals surface area contributed by atoms with E-state index in [1.54, 1.807) is 6.26 Å². The quantitative estimate of drug-likeness (QED) is 0.450. The maximum Gasteiger partial charge on any atom is 0.322 e. The minimum Gasteiger partial charge on any atom is -0.468 e. The maximum atomic E-state index is 5.38. The largest absolute Gasteiger partial charge is 0.468 e. The third kappa shape index (κ3) is 4.11. The highest BCUT2D eigenvalue weighted by molar-refractivity contribution is 7.98. The average molecular weight is 281 g/mol. The predicted octanol–water partition coefficient (Wildman–Crippen LogP) is 1.83. The van der Waals surface area contributed by atoms with Crippen molar-refractivity contribution in [1.82, 2.24) is 15.0 Å². The molecule has 0 unspecified atom stereocenters. The number of nitrogens with two attached hydrogens (primary N) is 1. The molecule has 0 bridgehead atoms. The lowest BCUT2D eigenvalue weighted by Gasteiger charge is -2.06. The lowest BCUT2D eigenvalue weighted by molar-refractivity contribution is 0.288. The van der Waals surface area contributed by atoms with Crippen molar-refractivity contribution in [2.24, 2.45) is 5.84 Å². The minimum atomic E-state index is 0.270. The highest BCUT2D eigenvalue weighted by atomic mass is 32.2. The van der Waals surface area contributed by atoms with E-state index in [-0.39, 0.29) is 12.0 Å². The van der Waals surface area contributed by atoms with Gasteiger partial charge < -0.3 is 9.15 Å². The molecule has 2 rings (SSSR count). The summed E-state index contributed by atoms with van der Waals surface area (Å²) in [5.74, 6) is 7.09. The molecule has 0 spiro atoms. The van der Waals surface area contributed by atoms with E-state index in [9.17, 15) is 0 Å². The first-order valence-corrected chi connectivity index (χ1v) is 6.81. The number of nitrogens with one attached hydrogen (secondary N) is 1. The van der Waals surface area contributed by atoms with Crippen LogP contribution in [-0.2, 0) is 5.75 Å². The molecule has 0 aliphatic carbocycles. The topological polar surface area (TPSA) is 99.1 Å². The van der Waals surface area contributed by atoms with Crippen LogP contribution in [0, 0.1) is 0 Å². The zero-order valence-electron chi connectivity index (χ0n) is 10.5. The van der Waals surface area contributed by atoms with Gasteiger partial charge in [0.25, 0.3) is 0 Å². The van der Waals surface area contributed by atoms with Gasteiger partial charge in [0, 0.05) is 0 Å². The number of hydrazine groups is 1. The molecule has 2 aromatic rings. The van der Waals surface area contributed by atoms with Crippen LogP contribution in [0.2, 0.25) is 0 Å². The van der Waals surface area contributed by atoms with Crippen molar-refractivity contribution in [3.05, 3.63) is 24.2 Å². The third-order valence-electron chi connectivity index (χ3n) is 2.08. The minimum absolute atomic E-state index is 0.270. The number of nitrogens with zero attached hydrogens (tertiary/aromatic N) is 3. The number of ether oxygens (including phenoxy) is 1. The average Bonchev–Trinajstić information content (AvgIpc) is 2.96. The molecule has 0 saturated heterocycles. The van der Waals surface area contributed by atoms with Gasteiger partial charge in [-0.3, -0.25) is 5.43 Å². The summed E-state index contributed by atoms with van der Waals surface area (Å²) in [7, 11) is 0. The van der Waals surface area contributed by atoms with Crippen LogP contribution in [0.5, 0.6) is 6.01 Å². The molecule has 0 aliphatic heterocycles. The van der Waals surface area contributed by atoms with Crippen LogP contribution < -0.4 is 16.0 Å². The second kappa shape index (κ2) is 6.95. The Bertz CT molecular complexity index is 506. The van der Waals surface area contributed by atoms with Gasteiger partial charge in [0.1, 0.15) is 5.76 Å². The Morgan fingerprint density at radius 3 is 3.00 bits per heavy atom. The van der Waals surface area contributed by atoms with Crippen LogP contribution in [-0.4, -0.2) is 21.6 Å². The van der Waals surface area contributed by atoms with Crippen LogP contribution in [0.4, 0.5) is 5.95 Å². The second-order valence-corrected chi connectivity index (χ2v) is 4.53. The molecule has 102 valence electrons. The van der Waals surface area contributed by atoms with E-state index in [0.29, 0.717) is 17.5 Å². The molecule has 0 aromatic carbocycles. The SMILES string of the molecule is CCCOc1nc(NN)nc(SCc2ccco2)n1. The molecule has 3 N–H and O–H groups in total. The Balaban J connectivity index is 2.05. The van der Waals surface area contributed by atoms with Crippen molar-refractivity contribution in [3.8, 4) is 6.01 Å². The van der Waals surface area contributed by atoms with Gasteiger partial charge >= 0.3 is 6.01 Å². The van der Waals surface area contributed by atoms with Crippen molar-refractivity contribution in [3.63, 3.8) is 0 Å². The van der Waals surface area contributed by atoms with Gasteiger partial charge in [0.15, 0.2) is 5.16 Å². The second-order valence-electron chi connectivity index (χ2n) is 3.59. The molecule has 0 fully saturated rings. The summed E-state index contributed by atoms with van der Waals surface area (Å²) < 4.78 is 10.6. The fraction of sp³-hybridized carbons (Fsp3) is 0.364. The summed E-state index contributed by atoms with van der Waals surface area (Å²) in [6.07, 6.45) is 2.51. The van der Waals surface area contributed by atoms with Gasteiger partial charge in [-0.15, -0.1) is 0 Å². The number of rotatable bonds is 7. The molecular formula is C11H15N5O2S. The molecule has 19 heavy (non-hydrogen) atoms. The standard InChI is InChI=1S/C11H15N5O2S/c1-2-5-18-10-13-9(16-12)14-11(15-10)19-7-8-4-3-6-17-8/h3-4,6H,2,5,7,12H2,1H3,(H,13,14,15,16). The van der Waals surface area contributed by atoms with Gasteiger partial charge in [0.2, 0.25) is 5.95 Å². The van der Waals surface area contributed by atoms with Gasteiger partial charge in [0.05, 0.1) is 18.6 Å². The maximum absolute atomic E-state index is 5.38. The van der Waals surface area contributed by atoms with Crippen molar-refractivity contribution in [2.75, 3.05) is 12.0 Å². The Morgan fingerprint density at radius 2 is 2.32 bits per heavy atom. The van der Waals surface area contributed by atoms with Crippen LogP contribution in [0.1, 0.15) is 19.1 Å². The monoisotopic (exact) mass is 281 g/mol. The van der Waals surface area contributed by atoms with Gasteiger partial charge in [-0.2, -0.15) is 15.0 Å². The number of hydrogen-bond donors (Lipinski definition) is 2. The van der Waals surface area contributed by atoms with Crippen molar-refractivity contribution in [2.45, 2.75) is 24.3 Å². The van der Waals surface area contributed by atoms with E-state index in [4.69, 9.17) is 15.0 Å². The number of aromatic nitrogens is 3. The normalized spacial score (nSPS) is 10.4. The molecular weight excluding hydrogens is 266 g/mol. The molecule has 0 amide bonds. The van der Waals surface area contributed by atoms with Crippen molar-refractivity contribution < 1.29 is 9.15 Å². The van der Waals surface area contributed by atoms with Crippen LogP contribution >= 0.6 is 11.8 Å². The summed E-state index contributed by atoms with van der Waals surface area (Å²) in [6, 6.07) is 4.00. The van der Waals surface area contributed by atoms with E-state index < -0.39 is 0 Å². The van der Waals surface area contributed by atoms with E-state index in [0.717, 1.165) is 12.2 Å². The molecule has 0 aliphatic rings. The molecule has 0 radical (unpaired) electrons. The van der Waals surface area contributed by atoms with Crippen LogP contribution in [0.25, 0.3) is 0 Å². The summed E-state index contributed by atoms with van der Waals surface area (Å²) in [6.45, 7) is 2.56. The predicted molar refractivity (Wildman–Crippen MR) is 71.7 cm³/mol. The number of hydrogen-bond acceptors (Lipinski definition) is 8. The van der Waals surface area contributed by atoms with Gasteiger partial charge in [-0.05, 0) is 18.6 Å². The number of furan rings is 1. The Kier molecular flexibility index (Phi) is 4.99. The smallest absolute Gasteiger partial charge is 0.322 e. The molecule has 2 heterocycles. The first-order valence-electron chi connectivity index (χ1n) is 5.82. The van der Waals surface area contributed by atoms with E-state index >= 15 is 0 Å². The lowest BCUT2D eigenvalue weighted by atomic mass is 10.5.